The van der Waals surface area contributed by atoms with E-state index >= 15 is 0 Å². The fourth-order valence-corrected chi connectivity index (χ4v) is 1.49. The Balaban J connectivity index is 2.83. The fraction of sp³-hybridized carbons (Fsp3) is 0.385. The Morgan fingerprint density at radius 3 is 2.76 bits per heavy atom. The van der Waals surface area contributed by atoms with Crippen molar-refractivity contribution >= 4 is 5.97 Å². The molecular weight excluding hydrogens is 216 g/mol. The maximum Gasteiger partial charge on any atom is 0.333 e. The quantitative estimate of drug-likeness (QED) is 0.445. The normalized spacial score (nSPS) is 10.1. The van der Waals surface area contributed by atoms with Crippen molar-refractivity contribution in [2.75, 3.05) is 0 Å². The largest absolute Gasteiger partial charge is 0.456 e. The van der Waals surface area contributed by atoms with Gasteiger partial charge in [0.15, 0.2) is 0 Å². The number of imidazole rings is 1. The van der Waals surface area contributed by atoms with Gasteiger partial charge < -0.3 is 9.30 Å². The van der Waals surface area contributed by atoms with Crippen LogP contribution in [0.4, 0.5) is 0 Å². The van der Waals surface area contributed by atoms with Crippen molar-refractivity contribution in [3.63, 3.8) is 0 Å². The van der Waals surface area contributed by atoms with Crippen molar-refractivity contribution in [3.05, 3.63) is 42.0 Å². The van der Waals surface area contributed by atoms with E-state index in [2.05, 4.69) is 18.1 Å². The third-order valence-corrected chi connectivity index (χ3v) is 2.55. The molecule has 1 aromatic rings. The van der Waals surface area contributed by atoms with Gasteiger partial charge >= 0.3 is 5.97 Å². The number of rotatable bonds is 5. The third kappa shape index (κ3) is 3.06. The van der Waals surface area contributed by atoms with E-state index in [9.17, 15) is 4.79 Å². The van der Waals surface area contributed by atoms with Crippen molar-refractivity contribution < 1.29 is 9.53 Å². The van der Waals surface area contributed by atoms with E-state index in [-0.39, 0.29) is 6.61 Å². The summed E-state index contributed by atoms with van der Waals surface area (Å²) in [5, 5.41) is 0. The number of allylic oxidation sites excluding steroid dienone is 1. The lowest BCUT2D eigenvalue weighted by Gasteiger charge is -2.05. The van der Waals surface area contributed by atoms with E-state index < -0.39 is 5.97 Å². The molecule has 0 aromatic carbocycles. The van der Waals surface area contributed by atoms with Crippen LogP contribution < -0.4 is 0 Å². The van der Waals surface area contributed by atoms with Gasteiger partial charge in [-0.15, -0.1) is 6.58 Å². The molecule has 1 rings (SSSR count). The molecule has 1 aromatic heterocycles. The van der Waals surface area contributed by atoms with Crippen molar-refractivity contribution in [1.82, 2.24) is 9.55 Å². The zero-order chi connectivity index (χ0) is 13.0. The fourth-order valence-electron chi connectivity index (χ4n) is 1.49. The van der Waals surface area contributed by atoms with Crippen molar-refractivity contribution in [2.45, 2.75) is 26.9 Å². The lowest BCUT2D eigenvalue weighted by Crippen LogP contribution is -2.07. The first kappa shape index (κ1) is 13.2. The first-order valence-electron chi connectivity index (χ1n) is 5.42. The van der Waals surface area contributed by atoms with Gasteiger partial charge in [0, 0.05) is 24.7 Å². The van der Waals surface area contributed by atoms with Crippen LogP contribution in [0.2, 0.25) is 0 Å². The van der Waals surface area contributed by atoms with E-state index in [1.165, 1.54) is 0 Å². The summed E-state index contributed by atoms with van der Waals surface area (Å²) < 4.78 is 7.07. The van der Waals surface area contributed by atoms with E-state index in [4.69, 9.17) is 4.74 Å². The van der Waals surface area contributed by atoms with Crippen LogP contribution in [0.15, 0.2) is 24.8 Å². The monoisotopic (exact) mass is 234 g/mol. The van der Waals surface area contributed by atoms with Crippen LogP contribution in [0, 0.1) is 6.92 Å². The molecule has 0 aliphatic rings. The minimum Gasteiger partial charge on any atom is -0.456 e. The van der Waals surface area contributed by atoms with Gasteiger partial charge in [-0.2, -0.15) is 0 Å². The Labute approximate surface area is 102 Å². The maximum atomic E-state index is 11.3. The van der Waals surface area contributed by atoms with Crippen LogP contribution in [0.3, 0.4) is 0 Å². The zero-order valence-corrected chi connectivity index (χ0v) is 10.6. The number of nitrogens with zero attached hydrogens (tertiary/aromatic N) is 2. The maximum absolute atomic E-state index is 11.3. The van der Waals surface area contributed by atoms with E-state index in [1.807, 2.05) is 18.5 Å². The molecule has 17 heavy (non-hydrogen) atoms. The number of esters is 1. The van der Waals surface area contributed by atoms with Crippen LogP contribution in [0.5, 0.6) is 0 Å². The van der Waals surface area contributed by atoms with Crippen molar-refractivity contribution in [2.24, 2.45) is 7.05 Å². The Hall–Kier alpha value is -1.84. The first-order valence-corrected chi connectivity index (χ1v) is 5.42. The van der Waals surface area contributed by atoms with Gasteiger partial charge in [0.2, 0.25) is 0 Å². The summed E-state index contributed by atoms with van der Waals surface area (Å²) in [6, 6.07) is 0. The smallest absolute Gasteiger partial charge is 0.333 e. The summed E-state index contributed by atoms with van der Waals surface area (Å²) >= 11 is 0. The molecule has 4 heteroatoms. The number of carbonyl (C=O) groups is 1. The minimum absolute atomic E-state index is 0.177. The molecule has 0 aliphatic carbocycles. The van der Waals surface area contributed by atoms with Crippen LogP contribution in [-0.4, -0.2) is 15.5 Å². The summed E-state index contributed by atoms with van der Waals surface area (Å²) in [6.07, 6.45) is 2.51. The van der Waals surface area contributed by atoms with Gasteiger partial charge in [-0.3, -0.25) is 0 Å². The molecule has 0 atom stereocenters. The molecule has 0 saturated carbocycles. The molecule has 0 N–H and O–H groups in total. The molecule has 0 amide bonds. The van der Waals surface area contributed by atoms with Crippen LogP contribution >= 0.6 is 0 Å². The highest BCUT2D eigenvalue weighted by atomic mass is 16.5. The average Bonchev–Trinajstić information content (AvgIpc) is 2.54. The first-order chi connectivity index (χ1) is 7.97. The van der Waals surface area contributed by atoms with Gasteiger partial charge in [0.25, 0.3) is 0 Å². The second-order valence-corrected chi connectivity index (χ2v) is 3.96. The van der Waals surface area contributed by atoms with Crippen molar-refractivity contribution in [3.8, 4) is 0 Å². The molecule has 0 fully saturated rings. The van der Waals surface area contributed by atoms with Gasteiger partial charge in [-0.25, -0.2) is 9.78 Å². The second kappa shape index (κ2) is 5.48. The van der Waals surface area contributed by atoms with Gasteiger partial charge in [-0.1, -0.05) is 12.7 Å². The molecule has 0 saturated heterocycles. The zero-order valence-electron chi connectivity index (χ0n) is 10.6. The molecule has 0 radical (unpaired) electrons. The number of hydrogen-bond acceptors (Lipinski definition) is 3. The summed E-state index contributed by atoms with van der Waals surface area (Å²) in [4.78, 5) is 15.7. The summed E-state index contributed by atoms with van der Waals surface area (Å²) in [5.41, 5.74) is 2.19. The SMILES string of the molecule is C=CCc1c(COC(=O)C(=C)C)nc(C)n1C. The lowest BCUT2D eigenvalue weighted by atomic mass is 10.2. The Kier molecular flexibility index (Phi) is 4.26. The van der Waals surface area contributed by atoms with Crippen LogP contribution in [0.1, 0.15) is 24.1 Å². The lowest BCUT2D eigenvalue weighted by molar-refractivity contribution is -0.140. The summed E-state index contributed by atoms with van der Waals surface area (Å²) in [6.45, 7) is 11.0. The summed E-state index contributed by atoms with van der Waals surface area (Å²) in [7, 11) is 1.94. The average molecular weight is 234 g/mol. The Bertz CT molecular complexity index is 458. The molecule has 0 unspecified atom stereocenters. The number of aromatic nitrogens is 2. The van der Waals surface area contributed by atoms with E-state index in [0.717, 1.165) is 17.2 Å². The molecule has 92 valence electrons. The Morgan fingerprint density at radius 2 is 2.24 bits per heavy atom. The second-order valence-electron chi connectivity index (χ2n) is 3.96. The molecule has 4 nitrogen and oxygen atoms in total. The number of hydrogen-bond donors (Lipinski definition) is 0. The predicted octanol–water partition coefficient (Wildman–Crippen LogP) is 2.08. The van der Waals surface area contributed by atoms with E-state index in [1.54, 1.807) is 13.0 Å². The van der Waals surface area contributed by atoms with Crippen LogP contribution in [0.25, 0.3) is 0 Å². The predicted molar refractivity (Wildman–Crippen MR) is 66.5 cm³/mol. The molecule has 1 heterocycles. The number of ether oxygens (including phenoxy) is 1. The van der Waals surface area contributed by atoms with Crippen LogP contribution in [-0.2, 0) is 29.6 Å². The third-order valence-electron chi connectivity index (χ3n) is 2.55. The molecule has 0 aliphatic heterocycles. The number of aryl methyl sites for hydroxylation is 1. The summed E-state index contributed by atoms with van der Waals surface area (Å²) in [5.74, 6) is 0.501. The Morgan fingerprint density at radius 1 is 1.59 bits per heavy atom. The highest BCUT2D eigenvalue weighted by molar-refractivity contribution is 5.86. The standard InChI is InChI=1S/C13H18N2O2/c1-6-7-12-11(14-10(4)15(12)5)8-17-13(16)9(2)3/h6H,1-2,7-8H2,3-5H3. The highest BCUT2D eigenvalue weighted by Crippen LogP contribution is 2.13. The highest BCUT2D eigenvalue weighted by Gasteiger charge is 2.13. The van der Waals surface area contributed by atoms with E-state index in [0.29, 0.717) is 12.0 Å². The van der Waals surface area contributed by atoms with Gasteiger partial charge in [0.1, 0.15) is 12.4 Å². The van der Waals surface area contributed by atoms with Crippen molar-refractivity contribution in [1.29, 1.82) is 0 Å². The molecule has 0 spiro atoms. The number of carbonyl (C=O) groups excluding carboxylic acids is 1. The topological polar surface area (TPSA) is 44.1 Å². The minimum atomic E-state index is -0.391. The molecular formula is C13H18N2O2. The van der Waals surface area contributed by atoms with Gasteiger partial charge in [0.05, 0.1) is 5.69 Å². The van der Waals surface area contributed by atoms with Gasteiger partial charge in [-0.05, 0) is 13.8 Å². The molecule has 0 bridgehead atoms.